The highest BCUT2D eigenvalue weighted by molar-refractivity contribution is 14.1. The van der Waals surface area contributed by atoms with Gasteiger partial charge in [-0.15, -0.1) is 0 Å². The molecule has 60 valence electrons. The molecule has 0 aliphatic rings. The van der Waals surface area contributed by atoms with Crippen LogP contribution in [0, 0.1) is 17.6 Å². The monoisotopic (exact) mass is 486 g/mol. The Bertz CT molecular complexity index is 270. The lowest BCUT2D eigenvalue weighted by molar-refractivity contribution is 0.466. The molecule has 0 aliphatic carbocycles. The maximum Gasteiger partial charge on any atom is 0.132 e. The zero-order valence-corrected chi connectivity index (χ0v) is 12.1. The van der Waals surface area contributed by atoms with Crippen LogP contribution in [0.4, 0.5) is 0 Å². The van der Waals surface area contributed by atoms with Crippen molar-refractivity contribution in [3.63, 3.8) is 0 Å². The van der Waals surface area contributed by atoms with Gasteiger partial charge in [-0.3, -0.25) is 0 Å². The third-order valence-electron chi connectivity index (χ3n) is 1.33. The average Bonchev–Trinajstić information content (AvgIpc) is 1.97. The largest absolute Gasteiger partial charge is 0.507 e. The minimum Gasteiger partial charge on any atom is -0.507 e. The summed E-state index contributed by atoms with van der Waals surface area (Å²) in [6.45, 7) is 1.91. The second kappa shape index (κ2) is 3.95. The molecule has 0 saturated carbocycles. The first-order valence-electron chi connectivity index (χ1n) is 2.87. The molecule has 0 spiro atoms. The smallest absolute Gasteiger partial charge is 0.132 e. The van der Waals surface area contributed by atoms with E-state index in [1.54, 1.807) is 0 Å². The Morgan fingerprint density at radius 2 is 1.73 bits per heavy atom. The van der Waals surface area contributed by atoms with Crippen LogP contribution in [0.15, 0.2) is 6.07 Å². The molecule has 0 fully saturated rings. The summed E-state index contributed by atoms with van der Waals surface area (Å²) in [6, 6.07) is 1.99. The minimum absolute atomic E-state index is 0.412. The van der Waals surface area contributed by atoms with Crippen LogP contribution < -0.4 is 0 Å². The highest BCUT2D eigenvalue weighted by Crippen LogP contribution is 2.31. The fourth-order valence-corrected chi connectivity index (χ4v) is 3.08. The molecule has 0 unspecified atom stereocenters. The summed E-state index contributed by atoms with van der Waals surface area (Å²) in [7, 11) is 0. The predicted molar refractivity (Wildman–Crippen MR) is 71.0 cm³/mol. The fourth-order valence-electron chi connectivity index (χ4n) is 0.704. The van der Waals surface area contributed by atoms with E-state index in [1.807, 2.05) is 13.0 Å². The van der Waals surface area contributed by atoms with Gasteiger partial charge in [-0.2, -0.15) is 0 Å². The van der Waals surface area contributed by atoms with Gasteiger partial charge in [-0.1, -0.05) is 0 Å². The first-order chi connectivity index (χ1) is 5.04. The number of hydrogen-bond acceptors (Lipinski definition) is 1. The molecule has 1 N–H and O–H groups in total. The van der Waals surface area contributed by atoms with E-state index in [9.17, 15) is 5.11 Å². The maximum atomic E-state index is 9.50. The van der Waals surface area contributed by atoms with Gasteiger partial charge in [0.2, 0.25) is 0 Å². The topological polar surface area (TPSA) is 20.2 Å². The first kappa shape index (κ1) is 10.3. The molecule has 1 aromatic rings. The van der Waals surface area contributed by atoms with E-state index < -0.39 is 0 Å². The van der Waals surface area contributed by atoms with Gasteiger partial charge in [0, 0.05) is 7.14 Å². The molecule has 11 heavy (non-hydrogen) atoms. The van der Waals surface area contributed by atoms with Crippen LogP contribution in [0.2, 0.25) is 0 Å². The quantitative estimate of drug-likeness (QED) is 0.440. The van der Waals surface area contributed by atoms with E-state index in [-0.39, 0.29) is 0 Å². The van der Waals surface area contributed by atoms with Crippen molar-refractivity contribution >= 4 is 67.8 Å². The van der Waals surface area contributed by atoms with Crippen molar-refractivity contribution in [2.24, 2.45) is 0 Å². The van der Waals surface area contributed by atoms with Crippen molar-refractivity contribution in [2.45, 2.75) is 6.92 Å². The molecule has 0 saturated heterocycles. The summed E-state index contributed by atoms with van der Waals surface area (Å²) in [5.41, 5.74) is 0.944. The molecule has 1 rings (SSSR count). The van der Waals surface area contributed by atoms with Crippen LogP contribution in [0.5, 0.6) is 5.75 Å². The van der Waals surface area contributed by atoms with Gasteiger partial charge in [-0.25, -0.2) is 0 Å². The Kier molecular flexibility index (Phi) is 3.69. The van der Waals surface area contributed by atoms with E-state index in [1.165, 1.54) is 3.57 Å². The molecule has 1 aromatic carbocycles. The third kappa shape index (κ3) is 2.11. The van der Waals surface area contributed by atoms with Crippen molar-refractivity contribution in [3.8, 4) is 5.75 Å². The summed E-state index contributed by atoms with van der Waals surface area (Å²) in [6.07, 6.45) is 0. The number of benzene rings is 1. The minimum atomic E-state index is 0.412. The first-order valence-corrected chi connectivity index (χ1v) is 6.10. The molecule has 0 aromatic heterocycles. The molecular formula is C7H5I3O. The molecule has 0 atom stereocenters. The molecule has 0 heterocycles. The second-order valence-corrected chi connectivity index (χ2v) is 5.47. The second-order valence-electron chi connectivity index (χ2n) is 2.15. The molecule has 0 aliphatic heterocycles. The molecular weight excluding hydrogens is 481 g/mol. The predicted octanol–water partition coefficient (Wildman–Crippen LogP) is 3.51. The van der Waals surface area contributed by atoms with Crippen molar-refractivity contribution in [1.29, 1.82) is 0 Å². The van der Waals surface area contributed by atoms with Gasteiger partial charge in [0.15, 0.2) is 0 Å². The molecule has 1 nitrogen and oxygen atoms in total. The standard InChI is InChI=1S/C7H5I3O/c1-3-2-4(8)5(9)6(10)7(3)11/h2,11H,1H3. The number of aryl methyl sites for hydroxylation is 1. The lowest BCUT2D eigenvalue weighted by Gasteiger charge is -2.05. The SMILES string of the molecule is Cc1cc(I)c(I)c(I)c1O. The Labute approximate surface area is 106 Å². The fraction of sp³-hybridized carbons (Fsp3) is 0.143. The van der Waals surface area contributed by atoms with Crippen LogP contribution in [-0.2, 0) is 0 Å². The van der Waals surface area contributed by atoms with Crippen LogP contribution in [-0.4, -0.2) is 5.11 Å². The number of hydrogen-bond donors (Lipinski definition) is 1. The van der Waals surface area contributed by atoms with E-state index in [0.29, 0.717) is 5.75 Å². The zero-order chi connectivity index (χ0) is 8.59. The summed E-state index contributed by atoms with van der Waals surface area (Å²) in [4.78, 5) is 0. The highest BCUT2D eigenvalue weighted by atomic mass is 127. The van der Waals surface area contributed by atoms with E-state index in [0.717, 1.165) is 12.7 Å². The van der Waals surface area contributed by atoms with Crippen LogP contribution in [0.3, 0.4) is 0 Å². The van der Waals surface area contributed by atoms with E-state index >= 15 is 0 Å². The Hall–Kier alpha value is 1.21. The van der Waals surface area contributed by atoms with Gasteiger partial charge < -0.3 is 5.11 Å². The number of phenolic OH excluding ortho intramolecular Hbond substituents is 1. The van der Waals surface area contributed by atoms with Crippen molar-refractivity contribution in [1.82, 2.24) is 0 Å². The van der Waals surface area contributed by atoms with Crippen LogP contribution in [0.1, 0.15) is 5.56 Å². The van der Waals surface area contributed by atoms with Gasteiger partial charge >= 0.3 is 0 Å². The van der Waals surface area contributed by atoms with Gasteiger partial charge in [0.05, 0.1) is 3.57 Å². The van der Waals surface area contributed by atoms with Crippen molar-refractivity contribution < 1.29 is 5.11 Å². The maximum absolute atomic E-state index is 9.50. The van der Waals surface area contributed by atoms with Gasteiger partial charge in [0.25, 0.3) is 0 Å². The number of phenols is 1. The summed E-state index contributed by atoms with van der Waals surface area (Å²) >= 11 is 6.66. The molecule has 0 amide bonds. The average molecular weight is 486 g/mol. The van der Waals surface area contributed by atoms with Crippen LogP contribution >= 0.6 is 67.8 Å². The number of halogens is 3. The summed E-state index contributed by atoms with van der Waals surface area (Å²) in [5.74, 6) is 0.412. The highest BCUT2D eigenvalue weighted by Gasteiger charge is 2.08. The lowest BCUT2D eigenvalue weighted by Crippen LogP contribution is -1.88. The Morgan fingerprint density at radius 1 is 1.18 bits per heavy atom. The summed E-state index contributed by atoms with van der Waals surface area (Å²) in [5, 5.41) is 9.50. The third-order valence-corrected chi connectivity index (χ3v) is 6.41. The lowest BCUT2D eigenvalue weighted by atomic mass is 10.2. The normalized spacial score (nSPS) is 10.2. The molecule has 0 radical (unpaired) electrons. The van der Waals surface area contributed by atoms with E-state index in [2.05, 4.69) is 67.8 Å². The van der Waals surface area contributed by atoms with Gasteiger partial charge in [0.1, 0.15) is 5.75 Å². The zero-order valence-electron chi connectivity index (χ0n) is 5.66. The van der Waals surface area contributed by atoms with Crippen molar-refractivity contribution in [3.05, 3.63) is 22.3 Å². The molecule has 4 heteroatoms. The summed E-state index contributed by atoms with van der Waals surface area (Å²) < 4.78 is 3.28. The number of rotatable bonds is 0. The van der Waals surface area contributed by atoms with Crippen molar-refractivity contribution in [2.75, 3.05) is 0 Å². The Morgan fingerprint density at radius 3 is 2.27 bits per heavy atom. The van der Waals surface area contributed by atoms with Crippen LogP contribution in [0.25, 0.3) is 0 Å². The van der Waals surface area contributed by atoms with E-state index in [4.69, 9.17) is 0 Å². The molecule has 0 bridgehead atoms. The number of aromatic hydroxyl groups is 1. The Balaban J connectivity index is 3.46. The van der Waals surface area contributed by atoms with Gasteiger partial charge in [-0.05, 0) is 86.3 Å².